The molecule has 24 heavy (non-hydrogen) atoms. The first-order valence-corrected chi connectivity index (χ1v) is 7.80. The van der Waals surface area contributed by atoms with Crippen molar-refractivity contribution in [3.05, 3.63) is 60.2 Å². The van der Waals surface area contributed by atoms with Gasteiger partial charge in [-0.05, 0) is 43.2 Å². The lowest BCUT2D eigenvalue weighted by molar-refractivity contribution is 0.168. The largest absolute Gasteiger partial charge is 0.450 e. The Morgan fingerprint density at radius 2 is 1.54 bits per heavy atom. The standard InChI is InChI=1S/C18H21N3O3/c1-2-24-18(23)21-16-10-8-15(9-11-16)20-17(22)19-13-12-14-6-4-3-5-7-14/h3-11H,2,12-13H2,1H3,(H,21,23)(H2,19,20,22). The van der Waals surface area contributed by atoms with Crippen LogP contribution in [0.5, 0.6) is 0 Å². The smallest absolute Gasteiger partial charge is 0.411 e. The van der Waals surface area contributed by atoms with Gasteiger partial charge in [-0.15, -0.1) is 0 Å². The summed E-state index contributed by atoms with van der Waals surface area (Å²) in [5, 5.41) is 8.13. The number of carbonyl (C=O) groups is 2. The van der Waals surface area contributed by atoms with Crippen LogP contribution in [0, 0.1) is 0 Å². The van der Waals surface area contributed by atoms with Crippen LogP contribution in [0.15, 0.2) is 54.6 Å². The number of hydrogen-bond acceptors (Lipinski definition) is 3. The number of anilines is 2. The van der Waals surface area contributed by atoms with Crippen molar-refractivity contribution in [3.8, 4) is 0 Å². The molecule has 126 valence electrons. The molecule has 0 aliphatic rings. The minimum absolute atomic E-state index is 0.267. The maximum Gasteiger partial charge on any atom is 0.411 e. The predicted octanol–water partition coefficient (Wildman–Crippen LogP) is 3.62. The normalized spacial score (nSPS) is 9.88. The van der Waals surface area contributed by atoms with Gasteiger partial charge in [0.25, 0.3) is 0 Å². The van der Waals surface area contributed by atoms with Crippen molar-refractivity contribution in [3.63, 3.8) is 0 Å². The van der Waals surface area contributed by atoms with Crippen LogP contribution in [0.3, 0.4) is 0 Å². The number of benzene rings is 2. The van der Waals surface area contributed by atoms with Crippen molar-refractivity contribution in [2.45, 2.75) is 13.3 Å². The van der Waals surface area contributed by atoms with Crippen LogP contribution < -0.4 is 16.0 Å². The topological polar surface area (TPSA) is 79.5 Å². The van der Waals surface area contributed by atoms with E-state index in [0.29, 0.717) is 24.5 Å². The van der Waals surface area contributed by atoms with E-state index in [9.17, 15) is 9.59 Å². The molecule has 0 atom stereocenters. The first kappa shape index (κ1) is 17.3. The van der Waals surface area contributed by atoms with Crippen LogP contribution in [-0.4, -0.2) is 25.3 Å². The maximum atomic E-state index is 11.8. The van der Waals surface area contributed by atoms with Crippen LogP contribution in [0.1, 0.15) is 12.5 Å². The SMILES string of the molecule is CCOC(=O)Nc1ccc(NC(=O)NCCc2ccccc2)cc1. The highest BCUT2D eigenvalue weighted by Crippen LogP contribution is 2.13. The summed E-state index contributed by atoms with van der Waals surface area (Å²) < 4.78 is 4.79. The number of rotatable bonds is 6. The molecule has 0 radical (unpaired) electrons. The summed E-state index contributed by atoms with van der Waals surface area (Å²) in [4.78, 5) is 23.1. The average molecular weight is 327 g/mol. The van der Waals surface area contributed by atoms with E-state index >= 15 is 0 Å². The molecule has 3 N–H and O–H groups in total. The van der Waals surface area contributed by atoms with Crippen molar-refractivity contribution in [2.75, 3.05) is 23.8 Å². The van der Waals surface area contributed by atoms with Gasteiger partial charge in [0.2, 0.25) is 0 Å². The highest BCUT2D eigenvalue weighted by atomic mass is 16.5. The second kappa shape index (κ2) is 9.19. The van der Waals surface area contributed by atoms with Crippen molar-refractivity contribution < 1.29 is 14.3 Å². The third-order valence-corrected chi connectivity index (χ3v) is 3.21. The van der Waals surface area contributed by atoms with Gasteiger partial charge in [0.05, 0.1) is 6.61 Å². The fourth-order valence-electron chi connectivity index (χ4n) is 2.06. The zero-order valence-electron chi connectivity index (χ0n) is 13.5. The van der Waals surface area contributed by atoms with Gasteiger partial charge >= 0.3 is 12.1 Å². The van der Waals surface area contributed by atoms with Crippen LogP contribution in [0.2, 0.25) is 0 Å². The summed E-state index contributed by atoms with van der Waals surface area (Å²) in [6, 6.07) is 16.5. The Hall–Kier alpha value is -3.02. The number of hydrogen-bond donors (Lipinski definition) is 3. The van der Waals surface area contributed by atoms with E-state index in [-0.39, 0.29) is 6.03 Å². The number of ether oxygens (including phenoxy) is 1. The quantitative estimate of drug-likeness (QED) is 0.758. The molecule has 0 aliphatic heterocycles. The molecule has 6 nitrogen and oxygen atoms in total. The molecule has 2 aromatic carbocycles. The Kier molecular flexibility index (Phi) is 6.64. The lowest BCUT2D eigenvalue weighted by Gasteiger charge is -2.09. The second-order valence-electron chi connectivity index (χ2n) is 5.04. The van der Waals surface area contributed by atoms with Gasteiger partial charge in [-0.25, -0.2) is 9.59 Å². The molecule has 3 amide bonds. The Morgan fingerprint density at radius 3 is 2.17 bits per heavy atom. The fraction of sp³-hybridized carbons (Fsp3) is 0.222. The maximum absolute atomic E-state index is 11.8. The third-order valence-electron chi connectivity index (χ3n) is 3.21. The van der Waals surface area contributed by atoms with Gasteiger partial charge in [-0.1, -0.05) is 30.3 Å². The van der Waals surface area contributed by atoms with E-state index in [2.05, 4.69) is 16.0 Å². The van der Waals surface area contributed by atoms with Crippen LogP contribution >= 0.6 is 0 Å². The number of amides is 3. The molecule has 0 spiro atoms. The first-order valence-electron chi connectivity index (χ1n) is 7.80. The monoisotopic (exact) mass is 327 g/mol. The summed E-state index contributed by atoms with van der Waals surface area (Å²) in [5.74, 6) is 0. The molecular formula is C18H21N3O3. The third kappa shape index (κ3) is 6.00. The van der Waals surface area contributed by atoms with Crippen LogP contribution in [-0.2, 0) is 11.2 Å². The molecule has 0 bridgehead atoms. The molecule has 0 saturated carbocycles. The Bertz CT molecular complexity index is 657. The highest BCUT2D eigenvalue weighted by Gasteiger charge is 2.04. The molecule has 0 aliphatic carbocycles. The van der Waals surface area contributed by atoms with Gasteiger partial charge in [-0.3, -0.25) is 5.32 Å². The molecule has 0 unspecified atom stereocenters. The van der Waals surface area contributed by atoms with Crippen molar-refractivity contribution in [1.29, 1.82) is 0 Å². The minimum atomic E-state index is -0.503. The van der Waals surface area contributed by atoms with Gasteiger partial charge in [0, 0.05) is 17.9 Å². The zero-order valence-corrected chi connectivity index (χ0v) is 13.5. The van der Waals surface area contributed by atoms with E-state index in [1.54, 1.807) is 31.2 Å². The Balaban J connectivity index is 1.74. The lowest BCUT2D eigenvalue weighted by atomic mass is 10.1. The molecule has 2 aromatic rings. The lowest BCUT2D eigenvalue weighted by Crippen LogP contribution is -2.30. The summed E-state index contributed by atoms with van der Waals surface area (Å²) in [6.45, 7) is 2.61. The average Bonchev–Trinajstić information content (AvgIpc) is 2.58. The predicted molar refractivity (Wildman–Crippen MR) is 94.3 cm³/mol. The van der Waals surface area contributed by atoms with Crippen LogP contribution in [0.25, 0.3) is 0 Å². The molecular weight excluding hydrogens is 306 g/mol. The summed E-state index contributed by atoms with van der Waals surface area (Å²) in [6.07, 6.45) is 0.272. The molecule has 0 saturated heterocycles. The molecule has 0 aromatic heterocycles. The van der Waals surface area contributed by atoms with Crippen molar-refractivity contribution >= 4 is 23.5 Å². The van der Waals surface area contributed by atoms with E-state index in [0.717, 1.165) is 6.42 Å². The van der Waals surface area contributed by atoms with E-state index in [1.165, 1.54) is 5.56 Å². The van der Waals surface area contributed by atoms with Crippen molar-refractivity contribution in [1.82, 2.24) is 5.32 Å². The van der Waals surface area contributed by atoms with Gasteiger partial charge < -0.3 is 15.4 Å². The molecule has 2 rings (SSSR count). The number of nitrogens with one attached hydrogen (secondary N) is 3. The molecule has 6 heteroatoms. The zero-order chi connectivity index (χ0) is 17.2. The number of carbonyl (C=O) groups excluding carboxylic acids is 2. The summed E-state index contributed by atoms with van der Waals surface area (Å²) in [7, 11) is 0. The number of urea groups is 1. The van der Waals surface area contributed by atoms with Gasteiger partial charge in [0.15, 0.2) is 0 Å². The van der Waals surface area contributed by atoms with Crippen molar-refractivity contribution in [2.24, 2.45) is 0 Å². The minimum Gasteiger partial charge on any atom is -0.450 e. The van der Waals surface area contributed by atoms with Crippen LogP contribution in [0.4, 0.5) is 21.0 Å². The van der Waals surface area contributed by atoms with E-state index < -0.39 is 6.09 Å². The van der Waals surface area contributed by atoms with Gasteiger partial charge in [-0.2, -0.15) is 0 Å². The second-order valence-corrected chi connectivity index (χ2v) is 5.04. The summed E-state index contributed by atoms with van der Waals surface area (Å²) in [5.41, 5.74) is 2.41. The molecule has 0 fully saturated rings. The Labute approximate surface area is 141 Å². The fourth-order valence-corrected chi connectivity index (χ4v) is 2.06. The molecule has 0 heterocycles. The van der Waals surface area contributed by atoms with E-state index in [4.69, 9.17) is 4.74 Å². The highest BCUT2D eigenvalue weighted by molar-refractivity contribution is 5.90. The summed E-state index contributed by atoms with van der Waals surface area (Å²) >= 11 is 0. The first-order chi connectivity index (χ1) is 11.7. The Morgan fingerprint density at radius 1 is 0.917 bits per heavy atom. The van der Waals surface area contributed by atoms with E-state index in [1.807, 2.05) is 30.3 Å². The van der Waals surface area contributed by atoms with Gasteiger partial charge in [0.1, 0.15) is 0 Å².